The van der Waals surface area contributed by atoms with Gasteiger partial charge in [-0.05, 0) is 30.7 Å². The van der Waals surface area contributed by atoms with E-state index in [2.05, 4.69) is 10.6 Å². The lowest BCUT2D eigenvalue weighted by atomic mass is 10.2. The van der Waals surface area contributed by atoms with Gasteiger partial charge in [0, 0.05) is 4.88 Å². The maximum absolute atomic E-state index is 13.2. The van der Waals surface area contributed by atoms with Crippen LogP contribution in [0.5, 0.6) is 0 Å². The fourth-order valence-electron chi connectivity index (χ4n) is 1.92. The molecule has 3 nitrogen and oxygen atoms in total. The molecule has 5 heteroatoms. The fraction of sp³-hybridized carbons (Fsp3) is 0.154. The van der Waals surface area contributed by atoms with E-state index in [0.29, 0.717) is 16.9 Å². The second-order valence-electron chi connectivity index (χ2n) is 4.08. The molecule has 0 aliphatic carbocycles. The van der Waals surface area contributed by atoms with Crippen LogP contribution in [0.1, 0.15) is 22.2 Å². The van der Waals surface area contributed by atoms with Gasteiger partial charge in [-0.3, -0.25) is 4.79 Å². The average molecular weight is 262 g/mol. The van der Waals surface area contributed by atoms with Crippen molar-refractivity contribution in [3.05, 3.63) is 40.5 Å². The average Bonchev–Trinajstić information content (AvgIpc) is 2.71. The van der Waals surface area contributed by atoms with Crippen LogP contribution in [0.15, 0.2) is 24.3 Å². The molecular weight excluding hydrogens is 251 g/mol. The Hall–Kier alpha value is -1.88. The first-order valence-corrected chi connectivity index (χ1v) is 6.49. The molecule has 1 amide bonds. The zero-order chi connectivity index (χ0) is 12.7. The highest BCUT2D eigenvalue weighted by Gasteiger charge is 2.21. The molecule has 1 aliphatic rings. The Bertz CT molecular complexity index is 636. The van der Waals surface area contributed by atoms with Gasteiger partial charge in [0.1, 0.15) is 10.8 Å². The van der Waals surface area contributed by atoms with Crippen LogP contribution in [-0.2, 0) is 6.42 Å². The molecule has 0 spiro atoms. The lowest BCUT2D eigenvalue weighted by Crippen LogP contribution is -2.09. The van der Waals surface area contributed by atoms with E-state index in [0.717, 1.165) is 16.3 Å². The van der Waals surface area contributed by atoms with Gasteiger partial charge < -0.3 is 10.6 Å². The number of anilines is 3. The molecule has 0 saturated heterocycles. The Morgan fingerprint density at radius 3 is 2.83 bits per heavy atom. The summed E-state index contributed by atoms with van der Waals surface area (Å²) in [4.78, 5) is 13.2. The summed E-state index contributed by atoms with van der Waals surface area (Å²) in [5, 5.41) is 6.72. The number of rotatable bonds is 1. The first-order valence-electron chi connectivity index (χ1n) is 5.68. The van der Waals surface area contributed by atoms with Gasteiger partial charge in [-0.1, -0.05) is 6.92 Å². The number of hydrogen-bond donors (Lipinski definition) is 2. The third-order valence-electron chi connectivity index (χ3n) is 2.85. The smallest absolute Gasteiger partial charge is 0.258 e. The summed E-state index contributed by atoms with van der Waals surface area (Å²) in [5.74, 6) is -0.562. The van der Waals surface area contributed by atoms with E-state index in [9.17, 15) is 9.18 Å². The first-order chi connectivity index (χ1) is 8.67. The summed E-state index contributed by atoms with van der Waals surface area (Å²) >= 11 is 1.55. The molecule has 0 bridgehead atoms. The van der Waals surface area contributed by atoms with Crippen molar-refractivity contribution < 1.29 is 9.18 Å². The number of carbonyl (C=O) groups is 1. The number of halogens is 1. The standard InChI is InChI=1S/C13H11FN2OS/c1-2-8-6-9-12(17)15-11-5-7(14)3-4-10(11)16-13(9)18-8/h3-6,16H,2H2,1H3,(H,15,17). The van der Waals surface area contributed by atoms with Gasteiger partial charge in [0.05, 0.1) is 16.9 Å². The SMILES string of the molecule is CCc1cc2c(s1)Nc1ccc(F)cc1NC2=O. The van der Waals surface area contributed by atoms with E-state index in [4.69, 9.17) is 0 Å². The van der Waals surface area contributed by atoms with E-state index in [1.807, 2.05) is 13.0 Å². The van der Waals surface area contributed by atoms with Crippen LogP contribution in [0.25, 0.3) is 0 Å². The van der Waals surface area contributed by atoms with Crippen LogP contribution in [0.4, 0.5) is 20.8 Å². The lowest BCUT2D eigenvalue weighted by molar-refractivity contribution is 0.102. The maximum atomic E-state index is 13.2. The molecule has 0 saturated carbocycles. The van der Waals surface area contributed by atoms with Crippen molar-refractivity contribution in [3.8, 4) is 0 Å². The van der Waals surface area contributed by atoms with Gasteiger partial charge in [-0.15, -0.1) is 11.3 Å². The minimum atomic E-state index is -0.365. The highest BCUT2D eigenvalue weighted by atomic mass is 32.1. The molecule has 1 aliphatic heterocycles. The number of thiophene rings is 1. The summed E-state index contributed by atoms with van der Waals surface area (Å²) in [6.45, 7) is 2.05. The minimum absolute atomic E-state index is 0.196. The largest absolute Gasteiger partial charge is 0.345 e. The van der Waals surface area contributed by atoms with E-state index in [1.54, 1.807) is 17.4 Å². The summed E-state index contributed by atoms with van der Waals surface area (Å²) in [6.07, 6.45) is 0.892. The van der Waals surface area contributed by atoms with Gasteiger partial charge in [-0.25, -0.2) is 4.39 Å². The molecule has 0 fully saturated rings. The molecule has 0 radical (unpaired) electrons. The number of fused-ring (bicyclic) bond motifs is 2. The Morgan fingerprint density at radius 2 is 2.06 bits per heavy atom. The maximum Gasteiger partial charge on any atom is 0.258 e. The Morgan fingerprint density at radius 1 is 1.22 bits per heavy atom. The van der Waals surface area contributed by atoms with E-state index < -0.39 is 0 Å². The van der Waals surface area contributed by atoms with Gasteiger partial charge in [0.25, 0.3) is 5.91 Å². The fourth-order valence-corrected chi connectivity index (χ4v) is 2.92. The second-order valence-corrected chi connectivity index (χ2v) is 5.21. The normalized spacial score (nSPS) is 13.1. The number of aryl methyl sites for hydroxylation is 1. The molecule has 0 atom stereocenters. The Labute approximate surface area is 108 Å². The summed E-state index contributed by atoms with van der Waals surface area (Å²) in [7, 11) is 0. The highest BCUT2D eigenvalue weighted by molar-refractivity contribution is 7.16. The third kappa shape index (κ3) is 1.76. The molecule has 2 heterocycles. The van der Waals surface area contributed by atoms with E-state index >= 15 is 0 Å². The molecule has 18 heavy (non-hydrogen) atoms. The van der Waals surface area contributed by atoms with Crippen LogP contribution in [-0.4, -0.2) is 5.91 Å². The highest BCUT2D eigenvalue weighted by Crippen LogP contribution is 2.37. The van der Waals surface area contributed by atoms with Crippen LogP contribution in [0.3, 0.4) is 0 Å². The Balaban J connectivity index is 2.11. The molecule has 92 valence electrons. The van der Waals surface area contributed by atoms with Crippen molar-refractivity contribution in [1.82, 2.24) is 0 Å². The number of carbonyl (C=O) groups excluding carboxylic acids is 1. The molecule has 1 aromatic carbocycles. The van der Waals surface area contributed by atoms with Crippen LogP contribution < -0.4 is 10.6 Å². The zero-order valence-corrected chi connectivity index (χ0v) is 10.5. The van der Waals surface area contributed by atoms with Crippen molar-refractivity contribution in [3.63, 3.8) is 0 Å². The number of amides is 1. The number of benzene rings is 1. The third-order valence-corrected chi connectivity index (χ3v) is 4.05. The quantitative estimate of drug-likeness (QED) is 0.821. The van der Waals surface area contributed by atoms with Crippen LogP contribution in [0, 0.1) is 5.82 Å². The Kier molecular flexibility index (Phi) is 2.56. The van der Waals surface area contributed by atoms with Crippen LogP contribution >= 0.6 is 11.3 Å². The van der Waals surface area contributed by atoms with Gasteiger partial charge in [0.15, 0.2) is 0 Å². The minimum Gasteiger partial charge on any atom is -0.345 e. The molecule has 1 aromatic heterocycles. The van der Waals surface area contributed by atoms with Crippen molar-refractivity contribution in [2.24, 2.45) is 0 Å². The van der Waals surface area contributed by atoms with Gasteiger partial charge in [0.2, 0.25) is 0 Å². The topological polar surface area (TPSA) is 41.1 Å². The molecule has 3 rings (SSSR count). The molecule has 2 aromatic rings. The second kappa shape index (κ2) is 4.10. The monoisotopic (exact) mass is 262 g/mol. The van der Waals surface area contributed by atoms with Crippen molar-refractivity contribution in [2.45, 2.75) is 13.3 Å². The van der Waals surface area contributed by atoms with Gasteiger partial charge >= 0.3 is 0 Å². The van der Waals surface area contributed by atoms with Crippen LogP contribution in [0.2, 0.25) is 0 Å². The zero-order valence-electron chi connectivity index (χ0n) is 9.71. The van der Waals surface area contributed by atoms with Gasteiger partial charge in [-0.2, -0.15) is 0 Å². The predicted molar refractivity (Wildman–Crippen MR) is 71.3 cm³/mol. The van der Waals surface area contributed by atoms with Crippen molar-refractivity contribution in [1.29, 1.82) is 0 Å². The lowest BCUT2D eigenvalue weighted by Gasteiger charge is -2.07. The summed E-state index contributed by atoms with van der Waals surface area (Å²) < 4.78 is 13.2. The summed E-state index contributed by atoms with van der Waals surface area (Å²) in [5.41, 5.74) is 1.81. The van der Waals surface area contributed by atoms with Crippen molar-refractivity contribution >= 4 is 33.6 Å². The number of hydrogen-bond acceptors (Lipinski definition) is 3. The van der Waals surface area contributed by atoms with Crippen molar-refractivity contribution in [2.75, 3.05) is 10.6 Å². The molecule has 2 N–H and O–H groups in total. The van der Waals surface area contributed by atoms with E-state index in [-0.39, 0.29) is 11.7 Å². The molecule has 0 unspecified atom stereocenters. The summed E-state index contributed by atoms with van der Waals surface area (Å²) in [6, 6.07) is 6.20. The predicted octanol–water partition coefficient (Wildman–Crippen LogP) is 3.76. The molecular formula is C13H11FN2OS. The van der Waals surface area contributed by atoms with E-state index in [1.165, 1.54) is 12.1 Å². The number of nitrogens with one attached hydrogen (secondary N) is 2. The first kappa shape index (κ1) is 11.2.